The summed E-state index contributed by atoms with van der Waals surface area (Å²) in [5.74, 6) is 0. The number of benzene rings is 2. The standard InChI is InChI=1S/C19H24F2Si2/c1-22(2,16-11-7-5-8-12-16)15-18(19(20)21)23(3,4)17-13-9-6-10-14-17/h5-14H,15H2,1-4H3. The topological polar surface area (TPSA) is 0 Å². The molecule has 0 saturated carbocycles. The van der Waals surface area contributed by atoms with Crippen molar-refractivity contribution >= 4 is 26.5 Å². The van der Waals surface area contributed by atoms with Crippen LogP contribution in [-0.2, 0) is 0 Å². The van der Waals surface area contributed by atoms with Crippen LogP contribution in [0.5, 0.6) is 0 Å². The molecule has 2 aromatic rings. The minimum Gasteiger partial charge on any atom is -0.174 e. The zero-order chi connectivity index (χ0) is 17.1. The van der Waals surface area contributed by atoms with Crippen molar-refractivity contribution < 1.29 is 8.78 Å². The molecule has 0 aromatic heterocycles. The van der Waals surface area contributed by atoms with E-state index in [1.807, 2.05) is 61.6 Å². The largest absolute Gasteiger partial charge is 0.265 e. The van der Waals surface area contributed by atoms with E-state index in [9.17, 15) is 8.78 Å². The van der Waals surface area contributed by atoms with Gasteiger partial charge >= 0.3 is 0 Å². The van der Waals surface area contributed by atoms with Gasteiger partial charge in [0.15, 0.2) is 0 Å². The molecule has 0 bridgehead atoms. The molecule has 0 nitrogen and oxygen atoms in total. The van der Waals surface area contributed by atoms with Crippen LogP contribution >= 0.6 is 0 Å². The van der Waals surface area contributed by atoms with Crippen LogP contribution in [0.1, 0.15) is 0 Å². The summed E-state index contributed by atoms with van der Waals surface area (Å²) in [5, 5.41) is 2.71. The summed E-state index contributed by atoms with van der Waals surface area (Å²) in [4.78, 5) is 0. The van der Waals surface area contributed by atoms with E-state index in [4.69, 9.17) is 0 Å². The van der Waals surface area contributed by atoms with Crippen LogP contribution < -0.4 is 10.4 Å². The van der Waals surface area contributed by atoms with Gasteiger partial charge in [-0.3, -0.25) is 0 Å². The number of halogens is 2. The molecule has 122 valence electrons. The van der Waals surface area contributed by atoms with E-state index >= 15 is 0 Å². The summed E-state index contributed by atoms with van der Waals surface area (Å²) in [6, 6.07) is 20.5. The van der Waals surface area contributed by atoms with Crippen molar-refractivity contribution in [3.8, 4) is 0 Å². The van der Waals surface area contributed by atoms with Gasteiger partial charge in [-0.15, -0.1) is 0 Å². The van der Waals surface area contributed by atoms with Crippen molar-refractivity contribution in [3.05, 3.63) is 71.9 Å². The molecule has 0 fully saturated rings. The molecule has 0 aliphatic carbocycles. The highest BCUT2D eigenvalue weighted by atomic mass is 28.3. The Morgan fingerprint density at radius 1 is 0.739 bits per heavy atom. The first-order chi connectivity index (χ1) is 10.7. The van der Waals surface area contributed by atoms with E-state index in [-0.39, 0.29) is 0 Å². The monoisotopic (exact) mass is 346 g/mol. The number of rotatable bonds is 5. The van der Waals surface area contributed by atoms with Gasteiger partial charge in [-0.05, 0) is 11.2 Å². The van der Waals surface area contributed by atoms with E-state index in [1.165, 1.54) is 5.19 Å². The van der Waals surface area contributed by atoms with Crippen molar-refractivity contribution in [2.24, 2.45) is 0 Å². The molecule has 0 spiro atoms. The summed E-state index contributed by atoms with van der Waals surface area (Å²) in [6.07, 6.45) is -1.47. The summed E-state index contributed by atoms with van der Waals surface area (Å²) < 4.78 is 27.7. The quantitative estimate of drug-likeness (QED) is 0.675. The maximum Gasteiger partial charge on any atom is 0.265 e. The van der Waals surface area contributed by atoms with E-state index in [0.29, 0.717) is 11.2 Å². The Kier molecular flexibility index (Phi) is 5.37. The maximum atomic E-state index is 13.9. The lowest BCUT2D eigenvalue weighted by atomic mass is 10.4. The second kappa shape index (κ2) is 6.93. The Balaban J connectivity index is 2.40. The average molecular weight is 347 g/mol. The molecular weight excluding hydrogens is 322 g/mol. The molecule has 0 atom stereocenters. The molecule has 0 aliphatic heterocycles. The fourth-order valence-corrected chi connectivity index (χ4v) is 10.2. The minimum absolute atomic E-state index is 0.407. The Morgan fingerprint density at radius 3 is 1.61 bits per heavy atom. The van der Waals surface area contributed by atoms with Gasteiger partial charge in [-0.2, -0.15) is 8.78 Å². The van der Waals surface area contributed by atoms with Gasteiger partial charge in [-0.25, -0.2) is 0 Å². The van der Waals surface area contributed by atoms with E-state index < -0.39 is 22.2 Å². The summed E-state index contributed by atoms with van der Waals surface area (Å²) in [7, 11) is -4.30. The van der Waals surface area contributed by atoms with E-state index in [2.05, 4.69) is 25.2 Å². The third kappa shape index (κ3) is 4.06. The molecule has 0 aliphatic rings. The molecule has 4 heteroatoms. The van der Waals surface area contributed by atoms with Gasteiger partial charge in [0, 0.05) is 0 Å². The highest BCUT2D eigenvalue weighted by molar-refractivity contribution is 6.99. The van der Waals surface area contributed by atoms with Crippen LogP contribution in [0.3, 0.4) is 0 Å². The second-order valence-corrected chi connectivity index (χ2v) is 16.3. The predicted molar refractivity (Wildman–Crippen MR) is 101 cm³/mol. The Morgan fingerprint density at radius 2 is 1.17 bits per heavy atom. The molecule has 2 rings (SSSR count). The van der Waals surface area contributed by atoms with Crippen molar-refractivity contribution in [3.63, 3.8) is 0 Å². The van der Waals surface area contributed by atoms with Gasteiger partial charge in [0.25, 0.3) is 6.08 Å². The summed E-state index contributed by atoms with van der Waals surface area (Å²) in [5.41, 5.74) is 0. The van der Waals surface area contributed by atoms with Gasteiger partial charge in [-0.1, -0.05) is 97.2 Å². The molecule has 0 amide bonds. The Bertz CT molecular complexity index is 673. The number of allylic oxidation sites excluding steroid dienone is 1. The fraction of sp³-hybridized carbons (Fsp3) is 0.263. The highest BCUT2D eigenvalue weighted by Gasteiger charge is 2.37. The van der Waals surface area contributed by atoms with Gasteiger partial charge in [0.05, 0.1) is 8.07 Å². The highest BCUT2D eigenvalue weighted by Crippen LogP contribution is 2.29. The lowest BCUT2D eigenvalue weighted by molar-refractivity contribution is 0.416. The summed E-state index contributed by atoms with van der Waals surface area (Å²) in [6.45, 7) is 8.43. The lowest BCUT2D eigenvalue weighted by Crippen LogP contribution is -2.49. The lowest BCUT2D eigenvalue weighted by Gasteiger charge is -2.32. The van der Waals surface area contributed by atoms with Gasteiger partial charge in [0.2, 0.25) is 0 Å². The van der Waals surface area contributed by atoms with E-state index in [0.717, 1.165) is 5.19 Å². The van der Waals surface area contributed by atoms with Crippen molar-refractivity contribution in [1.29, 1.82) is 0 Å². The molecule has 2 aromatic carbocycles. The molecule has 0 unspecified atom stereocenters. The fourth-order valence-electron chi connectivity index (χ4n) is 2.99. The third-order valence-corrected chi connectivity index (χ3v) is 11.8. The minimum atomic E-state index is -2.35. The van der Waals surface area contributed by atoms with Crippen molar-refractivity contribution in [2.45, 2.75) is 32.2 Å². The smallest absolute Gasteiger partial charge is 0.174 e. The first-order valence-electron chi connectivity index (χ1n) is 7.91. The number of hydrogen-bond donors (Lipinski definition) is 0. The van der Waals surface area contributed by atoms with Crippen LogP contribution in [-0.4, -0.2) is 16.1 Å². The molecule has 0 saturated heterocycles. The Labute approximate surface area is 139 Å². The molecule has 0 N–H and O–H groups in total. The first-order valence-corrected chi connectivity index (χ1v) is 14.1. The Hall–Kier alpha value is -1.53. The van der Waals surface area contributed by atoms with Crippen LogP contribution in [0.4, 0.5) is 8.78 Å². The molecule has 0 radical (unpaired) electrons. The predicted octanol–water partition coefficient (Wildman–Crippen LogP) is 4.91. The SMILES string of the molecule is C[Si](C)(CC(=C(F)F)[Si](C)(C)c1ccccc1)c1ccccc1. The van der Waals surface area contributed by atoms with Crippen LogP contribution in [0, 0.1) is 0 Å². The van der Waals surface area contributed by atoms with Crippen LogP contribution in [0.25, 0.3) is 0 Å². The molecule has 23 heavy (non-hydrogen) atoms. The van der Waals surface area contributed by atoms with Crippen LogP contribution in [0.2, 0.25) is 32.2 Å². The van der Waals surface area contributed by atoms with Crippen molar-refractivity contribution in [1.82, 2.24) is 0 Å². The zero-order valence-corrected chi connectivity index (χ0v) is 16.2. The van der Waals surface area contributed by atoms with Crippen LogP contribution in [0.15, 0.2) is 71.9 Å². The summed E-state index contributed by atoms with van der Waals surface area (Å²) >= 11 is 0. The third-order valence-electron chi connectivity index (χ3n) is 4.65. The maximum absolute atomic E-state index is 13.9. The van der Waals surface area contributed by atoms with Gasteiger partial charge in [0.1, 0.15) is 8.07 Å². The number of hydrogen-bond acceptors (Lipinski definition) is 0. The first kappa shape index (κ1) is 17.8. The second-order valence-electron chi connectivity index (χ2n) is 7.16. The van der Waals surface area contributed by atoms with Crippen molar-refractivity contribution in [2.75, 3.05) is 0 Å². The average Bonchev–Trinajstić information content (AvgIpc) is 2.54. The molecular formula is C19H24F2Si2. The van der Waals surface area contributed by atoms with Gasteiger partial charge < -0.3 is 0 Å². The zero-order valence-electron chi connectivity index (χ0n) is 14.2. The molecule has 0 heterocycles. The normalized spacial score (nSPS) is 12.1. The van der Waals surface area contributed by atoms with E-state index in [1.54, 1.807) is 0 Å².